The van der Waals surface area contributed by atoms with Gasteiger partial charge < -0.3 is 10.1 Å². The van der Waals surface area contributed by atoms with Gasteiger partial charge in [-0.3, -0.25) is 4.90 Å². The maximum Gasteiger partial charge on any atom is 0.338 e. The van der Waals surface area contributed by atoms with Gasteiger partial charge in [0.2, 0.25) is 0 Å². The van der Waals surface area contributed by atoms with Crippen LogP contribution in [0.5, 0.6) is 0 Å². The van der Waals surface area contributed by atoms with Crippen molar-refractivity contribution >= 4 is 5.97 Å². The zero-order chi connectivity index (χ0) is 15.1. The molecule has 0 amide bonds. The Bertz CT molecular complexity index is 456. The van der Waals surface area contributed by atoms with Gasteiger partial charge in [0, 0.05) is 19.1 Å². The molecule has 1 fully saturated rings. The van der Waals surface area contributed by atoms with Crippen LogP contribution in [0.2, 0.25) is 0 Å². The quantitative estimate of drug-likeness (QED) is 0.817. The summed E-state index contributed by atoms with van der Waals surface area (Å²) in [6.07, 6.45) is 3.99. The molecule has 1 aromatic rings. The van der Waals surface area contributed by atoms with Crippen molar-refractivity contribution in [1.29, 1.82) is 0 Å². The normalized spacial score (nSPS) is 17.4. The van der Waals surface area contributed by atoms with Gasteiger partial charge in [-0.15, -0.1) is 0 Å². The molecule has 4 heteroatoms. The topological polar surface area (TPSA) is 41.6 Å². The average Bonchev–Trinajstić information content (AvgIpc) is 2.55. The Balaban J connectivity index is 1.84. The van der Waals surface area contributed by atoms with Crippen LogP contribution in [0.3, 0.4) is 0 Å². The zero-order valence-electron chi connectivity index (χ0n) is 13.1. The maximum atomic E-state index is 11.7. The highest BCUT2D eigenvalue weighted by Crippen LogP contribution is 2.12. The fourth-order valence-corrected chi connectivity index (χ4v) is 2.89. The first-order valence-electron chi connectivity index (χ1n) is 7.83. The molecule has 1 aliphatic rings. The van der Waals surface area contributed by atoms with Gasteiger partial charge in [0.05, 0.1) is 12.7 Å². The van der Waals surface area contributed by atoms with E-state index in [2.05, 4.69) is 17.1 Å². The van der Waals surface area contributed by atoms with Gasteiger partial charge in [-0.05, 0) is 44.5 Å². The largest absolute Gasteiger partial charge is 0.465 e. The number of benzene rings is 1. The second-order valence-electron chi connectivity index (χ2n) is 5.73. The lowest BCUT2D eigenvalue weighted by atomic mass is 10.1. The van der Waals surface area contributed by atoms with Crippen molar-refractivity contribution in [3.8, 4) is 0 Å². The fraction of sp³-hybridized carbons (Fsp3) is 0.588. The fourth-order valence-electron chi connectivity index (χ4n) is 2.89. The molecule has 0 aromatic heterocycles. The minimum absolute atomic E-state index is 0.267. The van der Waals surface area contributed by atoms with Gasteiger partial charge >= 0.3 is 5.97 Å². The third kappa shape index (κ3) is 4.55. The summed E-state index contributed by atoms with van der Waals surface area (Å²) < 4.78 is 4.82. The maximum absolute atomic E-state index is 11.7. The molecular formula is C17H26N2O2. The summed E-state index contributed by atoms with van der Waals surface area (Å²) in [6.45, 7) is 6.33. The van der Waals surface area contributed by atoms with Crippen LogP contribution in [0.15, 0.2) is 24.3 Å². The number of rotatable bonds is 6. The molecule has 1 unspecified atom stereocenters. The molecule has 1 heterocycles. The summed E-state index contributed by atoms with van der Waals surface area (Å²) in [5.41, 5.74) is 1.65. The number of hydrogen-bond donors (Lipinski definition) is 1. The number of likely N-dealkylation sites (tertiary alicyclic amines) is 1. The summed E-state index contributed by atoms with van der Waals surface area (Å²) in [7, 11) is 1.42. The molecule has 21 heavy (non-hydrogen) atoms. The van der Waals surface area contributed by atoms with E-state index >= 15 is 0 Å². The molecule has 4 nitrogen and oxygen atoms in total. The van der Waals surface area contributed by atoms with E-state index < -0.39 is 0 Å². The Kier molecular flexibility index (Phi) is 6.21. The van der Waals surface area contributed by atoms with E-state index in [-0.39, 0.29) is 5.97 Å². The van der Waals surface area contributed by atoms with E-state index in [9.17, 15) is 4.79 Å². The minimum atomic E-state index is -0.267. The molecule has 116 valence electrons. The number of hydrogen-bond acceptors (Lipinski definition) is 4. The summed E-state index contributed by atoms with van der Waals surface area (Å²) in [4.78, 5) is 14.3. The van der Waals surface area contributed by atoms with Gasteiger partial charge in [-0.25, -0.2) is 4.79 Å². The lowest BCUT2D eigenvalue weighted by molar-refractivity contribution is 0.0599. The highest BCUT2D eigenvalue weighted by Gasteiger charge is 2.16. The lowest BCUT2D eigenvalue weighted by Gasteiger charge is -2.32. The second-order valence-corrected chi connectivity index (χ2v) is 5.73. The molecule has 0 bridgehead atoms. The van der Waals surface area contributed by atoms with Crippen LogP contribution < -0.4 is 5.32 Å². The molecule has 1 atom stereocenters. The number of carbonyl (C=O) groups excluding carboxylic acids is 1. The SMILES string of the molecule is COC(=O)c1ccccc1CNCC(C)N1CCCCC1. The molecule has 1 aromatic carbocycles. The minimum Gasteiger partial charge on any atom is -0.465 e. The monoisotopic (exact) mass is 290 g/mol. The average molecular weight is 290 g/mol. The van der Waals surface area contributed by atoms with Crippen LogP contribution >= 0.6 is 0 Å². The van der Waals surface area contributed by atoms with Crippen molar-refractivity contribution in [3.05, 3.63) is 35.4 Å². The number of carbonyl (C=O) groups is 1. The van der Waals surface area contributed by atoms with Gasteiger partial charge in [0.25, 0.3) is 0 Å². The first kappa shape index (κ1) is 16.0. The first-order valence-corrected chi connectivity index (χ1v) is 7.83. The van der Waals surface area contributed by atoms with Crippen molar-refractivity contribution < 1.29 is 9.53 Å². The van der Waals surface area contributed by atoms with E-state index in [0.29, 0.717) is 18.2 Å². The smallest absolute Gasteiger partial charge is 0.338 e. The van der Waals surface area contributed by atoms with Crippen molar-refractivity contribution in [2.24, 2.45) is 0 Å². The number of methoxy groups -OCH3 is 1. The van der Waals surface area contributed by atoms with Crippen LogP contribution in [-0.2, 0) is 11.3 Å². The van der Waals surface area contributed by atoms with Gasteiger partial charge in [0.15, 0.2) is 0 Å². The first-order chi connectivity index (χ1) is 10.2. The van der Waals surface area contributed by atoms with E-state index in [1.165, 1.54) is 39.5 Å². The van der Waals surface area contributed by atoms with Crippen molar-refractivity contribution in [3.63, 3.8) is 0 Å². The highest BCUT2D eigenvalue weighted by atomic mass is 16.5. The Morgan fingerprint density at radius 3 is 2.71 bits per heavy atom. The Morgan fingerprint density at radius 2 is 2.00 bits per heavy atom. The third-order valence-corrected chi connectivity index (χ3v) is 4.19. The Hall–Kier alpha value is -1.39. The number of nitrogens with one attached hydrogen (secondary N) is 1. The molecule has 0 saturated carbocycles. The van der Waals surface area contributed by atoms with Crippen LogP contribution in [0.25, 0.3) is 0 Å². The second kappa shape index (κ2) is 8.15. The summed E-state index contributed by atoms with van der Waals surface area (Å²) in [5, 5.41) is 3.47. The third-order valence-electron chi connectivity index (χ3n) is 4.19. The predicted octanol–water partition coefficient (Wildman–Crippen LogP) is 2.44. The van der Waals surface area contributed by atoms with Gasteiger partial charge in [-0.1, -0.05) is 24.6 Å². The zero-order valence-corrected chi connectivity index (χ0v) is 13.1. The summed E-state index contributed by atoms with van der Waals surface area (Å²) in [5.74, 6) is -0.267. The number of esters is 1. The molecule has 1 N–H and O–H groups in total. The predicted molar refractivity (Wildman–Crippen MR) is 84.4 cm³/mol. The molecule has 0 radical (unpaired) electrons. The van der Waals surface area contributed by atoms with Crippen molar-refractivity contribution in [1.82, 2.24) is 10.2 Å². The van der Waals surface area contributed by atoms with Crippen molar-refractivity contribution in [2.45, 2.75) is 38.8 Å². The van der Waals surface area contributed by atoms with Crippen LogP contribution in [0, 0.1) is 0 Å². The lowest BCUT2D eigenvalue weighted by Crippen LogP contribution is -2.43. The van der Waals surface area contributed by atoms with Gasteiger partial charge in [-0.2, -0.15) is 0 Å². The number of ether oxygens (including phenoxy) is 1. The summed E-state index contributed by atoms with van der Waals surface area (Å²) >= 11 is 0. The molecule has 2 rings (SSSR count). The Morgan fingerprint density at radius 1 is 1.29 bits per heavy atom. The summed E-state index contributed by atoms with van der Waals surface area (Å²) in [6, 6.07) is 8.15. The standard InChI is InChI=1S/C17H26N2O2/c1-14(19-10-6-3-7-11-19)12-18-13-15-8-4-5-9-16(15)17(20)21-2/h4-5,8-9,14,18H,3,6-7,10-13H2,1-2H3. The van der Waals surface area contributed by atoms with Crippen LogP contribution in [-0.4, -0.2) is 43.7 Å². The Labute approximate surface area is 127 Å². The molecule has 1 saturated heterocycles. The van der Waals surface area contributed by atoms with E-state index in [4.69, 9.17) is 4.74 Å². The number of piperidine rings is 1. The van der Waals surface area contributed by atoms with E-state index in [1.54, 1.807) is 0 Å². The van der Waals surface area contributed by atoms with Crippen LogP contribution in [0.4, 0.5) is 0 Å². The van der Waals surface area contributed by atoms with Crippen molar-refractivity contribution in [2.75, 3.05) is 26.7 Å². The molecule has 1 aliphatic heterocycles. The molecule has 0 aliphatic carbocycles. The van der Waals surface area contributed by atoms with Gasteiger partial charge in [0.1, 0.15) is 0 Å². The highest BCUT2D eigenvalue weighted by molar-refractivity contribution is 5.90. The van der Waals surface area contributed by atoms with E-state index in [0.717, 1.165) is 12.1 Å². The number of nitrogens with zero attached hydrogens (tertiary/aromatic N) is 1. The van der Waals surface area contributed by atoms with E-state index in [1.807, 2.05) is 24.3 Å². The molecule has 0 spiro atoms. The molecular weight excluding hydrogens is 264 g/mol. The van der Waals surface area contributed by atoms with Crippen LogP contribution in [0.1, 0.15) is 42.1 Å².